The Morgan fingerprint density at radius 1 is 1.14 bits per heavy atom. The molecule has 1 rings (SSSR count). The van der Waals surface area contributed by atoms with Gasteiger partial charge in [0.1, 0.15) is 0 Å². The second-order valence-electron chi connectivity index (χ2n) is 4.85. The van der Waals surface area contributed by atoms with Gasteiger partial charge in [0.05, 0.1) is 22.8 Å². The number of carbonyl (C=O) groups is 1. The Labute approximate surface area is 141 Å². The number of sulfonamides is 1. The lowest BCUT2D eigenvalue weighted by molar-refractivity contribution is -0.131. The number of hydrogen-bond acceptors (Lipinski definition) is 3. The topological polar surface area (TPSA) is 57.7 Å². The monoisotopic (exact) mass is 366 g/mol. The van der Waals surface area contributed by atoms with Gasteiger partial charge in [0.15, 0.2) is 0 Å². The fourth-order valence-corrected chi connectivity index (χ4v) is 3.01. The molecule has 0 N–H and O–H groups in total. The van der Waals surface area contributed by atoms with Crippen molar-refractivity contribution in [1.82, 2.24) is 9.21 Å². The second-order valence-corrected chi connectivity index (χ2v) is 7.64. The molecule has 0 spiro atoms. The highest BCUT2D eigenvalue weighted by Crippen LogP contribution is 2.23. The van der Waals surface area contributed by atoms with E-state index >= 15 is 0 Å². The molecule has 0 bridgehead atoms. The maximum atomic E-state index is 12.1. The smallest absolute Gasteiger partial charge is 0.237 e. The Balaban J connectivity index is 2.95. The average Bonchev–Trinajstić information content (AvgIpc) is 2.42. The molecule has 0 saturated heterocycles. The molecule has 0 radical (unpaired) electrons. The minimum absolute atomic E-state index is 0.0722. The van der Waals surface area contributed by atoms with E-state index < -0.39 is 10.0 Å². The quantitative estimate of drug-likeness (QED) is 0.745. The van der Waals surface area contributed by atoms with E-state index in [0.717, 1.165) is 10.6 Å². The zero-order valence-corrected chi connectivity index (χ0v) is 15.2. The average molecular weight is 367 g/mol. The van der Waals surface area contributed by atoms with Gasteiger partial charge in [0.2, 0.25) is 15.9 Å². The number of benzene rings is 1. The van der Waals surface area contributed by atoms with Gasteiger partial charge >= 0.3 is 0 Å². The lowest BCUT2D eigenvalue weighted by Gasteiger charge is -2.24. The predicted molar refractivity (Wildman–Crippen MR) is 89.6 cm³/mol. The first kappa shape index (κ1) is 19.2. The van der Waals surface area contributed by atoms with Gasteiger partial charge in [-0.3, -0.25) is 4.79 Å². The van der Waals surface area contributed by atoms with Gasteiger partial charge in [-0.05, 0) is 31.5 Å². The first-order valence-corrected chi connectivity index (χ1v) is 9.46. The third-order valence-electron chi connectivity index (χ3n) is 3.24. The highest BCUT2D eigenvalue weighted by atomic mass is 35.5. The van der Waals surface area contributed by atoms with Crippen LogP contribution in [0.15, 0.2) is 18.2 Å². The number of amides is 1. The molecule has 0 fully saturated rings. The van der Waals surface area contributed by atoms with Gasteiger partial charge in [0, 0.05) is 19.6 Å². The Hall–Kier alpha value is -0.820. The summed E-state index contributed by atoms with van der Waals surface area (Å²) in [7, 11) is -3.52. The maximum Gasteiger partial charge on any atom is 0.237 e. The zero-order chi connectivity index (χ0) is 16.9. The largest absolute Gasteiger partial charge is 0.342 e. The van der Waals surface area contributed by atoms with E-state index in [1.807, 2.05) is 13.8 Å². The van der Waals surface area contributed by atoms with Gasteiger partial charge in [-0.1, -0.05) is 29.3 Å². The molecule has 1 aromatic rings. The van der Waals surface area contributed by atoms with Gasteiger partial charge < -0.3 is 4.90 Å². The standard InChI is InChI=1S/C14H20Cl2N2O3S/c1-4-17(5-2)14(19)10-18(22(3,20)21)9-11-6-7-12(15)13(16)8-11/h6-8H,4-5,9-10H2,1-3H3. The SMILES string of the molecule is CCN(CC)C(=O)CN(Cc1ccc(Cl)c(Cl)c1)S(C)(=O)=O. The van der Waals surface area contributed by atoms with E-state index in [9.17, 15) is 13.2 Å². The lowest BCUT2D eigenvalue weighted by atomic mass is 10.2. The van der Waals surface area contributed by atoms with Crippen molar-refractivity contribution in [2.24, 2.45) is 0 Å². The lowest BCUT2D eigenvalue weighted by Crippen LogP contribution is -2.42. The Morgan fingerprint density at radius 3 is 2.18 bits per heavy atom. The molecule has 0 aliphatic carbocycles. The van der Waals surface area contributed by atoms with Crippen molar-refractivity contribution in [1.29, 1.82) is 0 Å². The molecule has 0 heterocycles. The molecule has 0 unspecified atom stereocenters. The van der Waals surface area contributed by atoms with Gasteiger partial charge in [0.25, 0.3) is 0 Å². The normalized spacial score (nSPS) is 11.7. The number of nitrogens with zero attached hydrogens (tertiary/aromatic N) is 2. The Bertz CT molecular complexity index is 631. The minimum atomic E-state index is -3.52. The summed E-state index contributed by atoms with van der Waals surface area (Å²) in [5.41, 5.74) is 0.673. The fourth-order valence-electron chi connectivity index (χ4n) is 1.96. The summed E-state index contributed by atoms with van der Waals surface area (Å²) in [6.45, 7) is 4.67. The van der Waals surface area contributed by atoms with E-state index in [2.05, 4.69) is 0 Å². The number of hydrogen-bond donors (Lipinski definition) is 0. The fraction of sp³-hybridized carbons (Fsp3) is 0.500. The molecular formula is C14H20Cl2N2O3S. The summed E-state index contributed by atoms with van der Waals surface area (Å²) in [4.78, 5) is 13.7. The van der Waals surface area contributed by atoms with Gasteiger partial charge in [-0.15, -0.1) is 0 Å². The molecule has 22 heavy (non-hydrogen) atoms. The van der Waals surface area contributed by atoms with Crippen molar-refractivity contribution in [2.75, 3.05) is 25.9 Å². The summed E-state index contributed by atoms with van der Waals surface area (Å²) in [5, 5.41) is 0.748. The minimum Gasteiger partial charge on any atom is -0.342 e. The third kappa shape index (κ3) is 5.43. The highest BCUT2D eigenvalue weighted by Gasteiger charge is 2.23. The van der Waals surface area contributed by atoms with Crippen LogP contribution in [0.5, 0.6) is 0 Å². The second kappa shape index (κ2) is 8.15. The van der Waals surface area contributed by atoms with Crippen molar-refractivity contribution in [3.05, 3.63) is 33.8 Å². The van der Waals surface area contributed by atoms with E-state index in [0.29, 0.717) is 28.7 Å². The van der Waals surface area contributed by atoms with Crippen LogP contribution in [0.25, 0.3) is 0 Å². The predicted octanol–water partition coefficient (Wildman–Crippen LogP) is 2.62. The third-order valence-corrected chi connectivity index (χ3v) is 5.17. The summed E-state index contributed by atoms with van der Waals surface area (Å²) in [6.07, 6.45) is 1.08. The number of likely N-dealkylation sites (N-methyl/N-ethyl adjacent to an activating group) is 1. The first-order chi connectivity index (χ1) is 10.2. The van der Waals surface area contributed by atoms with E-state index in [1.54, 1.807) is 23.1 Å². The van der Waals surface area contributed by atoms with E-state index in [4.69, 9.17) is 23.2 Å². The first-order valence-electron chi connectivity index (χ1n) is 6.85. The van der Waals surface area contributed by atoms with Crippen molar-refractivity contribution in [3.8, 4) is 0 Å². The van der Waals surface area contributed by atoms with Gasteiger partial charge in [-0.25, -0.2) is 8.42 Å². The molecule has 1 aromatic carbocycles. The van der Waals surface area contributed by atoms with E-state index in [1.165, 1.54) is 0 Å². The van der Waals surface area contributed by atoms with Crippen LogP contribution in [-0.2, 0) is 21.4 Å². The molecule has 8 heteroatoms. The van der Waals surface area contributed by atoms with Gasteiger partial charge in [-0.2, -0.15) is 4.31 Å². The molecule has 5 nitrogen and oxygen atoms in total. The summed E-state index contributed by atoms with van der Waals surface area (Å²) in [6, 6.07) is 4.89. The van der Waals surface area contributed by atoms with Crippen LogP contribution in [0.4, 0.5) is 0 Å². The van der Waals surface area contributed by atoms with Crippen LogP contribution in [0, 0.1) is 0 Å². The summed E-state index contributed by atoms with van der Waals surface area (Å²) in [5.74, 6) is -0.226. The molecule has 1 amide bonds. The molecule has 0 aliphatic heterocycles. The molecule has 0 atom stereocenters. The van der Waals surface area contributed by atoms with Crippen LogP contribution in [0.1, 0.15) is 19.4 Å². The zero-order valence-electron chi connectivity index (χ0n) is 12.8. The highest BCUT2D eigenvalue weighted by molar-refractivity contribution is 7.88. The Morgan fingerprint density at radius 2 is 1.73 bits per heavy atom. The Kier molecular flexibility index (Phi) is 7.12. The van der Waals surface area contributed by atoms with Crippen LogP contribution in [0.2, 0.25) is 10.0 Å². The van der Waals surface area contributed by atoms with Crippen molar-refractivity contribution in [3.63, 3.8) is 0 Å². The molecule has 124 valence electrons. The molecule has 0 aromatic heterocycles. The van der Waals surface area contributed by atoms with Crippen LogP contribution in [0.3, 0.4) is 0 Å². The molecule has 0 aliphatic rings. The van der Waals surface area contributed by atoms with Crippen LogP contribution >= 0.6 is 23.2 Å². The van der Waals surface area contributed by atoms with Crippen molar-refractivity contribution < 1.29 is 13.2 Å². The summed E-state index contributed by atoms with van der Waals surface area (Å²) >= 11 is 11.8. The molecular weight excluding hydrogens is 347 g/mol. The van der Waals surface area contributed by atoms with Crippen LogP contribution < -0.4 is 0 Å². The summed E-state index contributed by atoms with van der Waals surface area (Å²) < 4.78 is 25.0. The van der Waals surface area contributed by atoms with Crippen LogP contribution in [-0.4, -0.2) is 49.4 Å². The molecule has 0 saturated carbocycles. The number of carbonyl (C=O) groups excluding carboxylic acids is 1. The van der Waals surface area contributed by atoms with Crippen molar-refractivity contribution >= 4 is 39.1 Å². The van der Waals surface area contributed by atoms with Crippen molar-refractivity contribution in [2.45, 2.75) is 20.4 Å². The maximum absolute atomic E-state index is 12.1. The van der Waals surface area contributed by atoms with E-state index in [-0.39, 0.29) is 19.0 Å². The number of halogens is 2. The number of rotatable bonds is 7.